The number of aldehydes is 1. The van der Waals surface area contributed by atoms with Gasteiger partial charge in [-0.1, -0.05) is 19.3 Å². The molecule has 0 aromatic heterocycles. The number of hydrogen-bond acceptors (Lipinski definition) is 3. The SMILES string of the molecule is O=CCCCCCCC(=O)OC1CCCCC1.[H-].[Na+]. The Kier molecular flexibility index (Phi) is 12.3. The van der Waals surface area contributed by atoms with E-state index in [-0.39, 0.29) is 43.1 Å². The van der Waals surface area contributed by atoms with Gasteiger partial charge in [-0.2, -0.15) is 0 Å². The molecule has 0 atom stereocenters. The Balaban J connectivity index is 0. The van der Waals surface area contributed by atoms with Gasteiger partial charge in [-0.15, -0.1) is 0 Å². The van der Waals surface area contributed by atoms with Crippen molar-refractivity contribution in [3.8, 4) is 0 Å². The van der Waals surface area contributed by atoms with E-state index >= 15 is 0 Å². The summed E-state index contributed by atoms with van der Waals surface area (Å²) in [5, 5.41) is 0. The fraction of sp³-hybridized carbons (Fsp3) is 0.857. The van der Waals surface area contributed by atoms with E-state index in [9.17, 15) is 9.59 Å². The molecule has 0 aromatic rings. The van der Waals surface area contributed by atoms with Gasteiger partial charge in [0, 0.05) is 12.8 Å². The van der Waals surface area contributed by atoms with Crippen LogP contribution in [0.2, 0.25) is 0 Å². The molecule has 1 aliphatic carbocycles. The quantitative estimate of drug-likeness (QED) is 0.278. The van der Waals surface area contributed by atoms with Crippen LogP contribution < -0.4 is 29.6 Å². The van der Waals surface area contributed by atoms with E-state index in [1.54, 1.807) is 0 Å². The van der Waals surface area contributed by atoms with Crippen molar-refractivity contribution in [3.63, 3.8) is 0 Å². The number of unbranched alkanes of at least 4 members (excludes halogenated alkanes) is 4. The minimum Gasteiger partial charge on any atom is -1.00 e. The van der Waals surface area contributed by atoms with E-state index in [0.717, 1.165) is 44.8 Å². The van der Waals surface area contributed by atoms with Crippen molar-refractivity contribution < 1.29 is 45.3 Å². The Bertz CT molecular complexity index is 231. The van der Waals surface area contributed by atoms with Crippen molar-refractivity contribution in [1.82, 2.24) is 0 Å². The maximum Gasteiger partial charge on any atom is 1.00 e. The average Bonchev–Trinajstić information content (AvgIpc) is 2.35. The maximum absolute atomic E-state index is 11.5. The van der Waals surface area contributed by atoms with Crippen LogP contribution in [-0.2, 0) is 14.3 Å². The summed E-state index contributed by atoms with van der Waals surface area (Å²) < 4.78 is 5.42. The summed E-state index contributed by atoms with van der Waals surface area (Å²) in [6, 6.07) is 0. The molecule has 0 aliphatic heterocycles. The third-order valence-electron chi connectivity index (χ3n) is 3.30. The average molecular weight is 264 g/mol. The zero-order valence-corrected chi connectivity index (χ0v) is 13.7. The van der Waals surface area contributed by atoms with Crippen LogP contribution in [0.5, 0.6) is 0 Å². The molecule has 0 radical (unpaired) electrons. The molecule has 0 aromatic carbocycles. The van der Waals surface area contributed by atoms with Gasteiger partial charge >= 0.3 is 35.5 Å². The van der Waals surface area contributed by atoms with E-state index < -0.39 is 0 Å². The normalized spacial score (nSPS) is 15.8. The summed E-state index contributed by atoms with van der Waals surface area (Å²) in [6.45, 7) is 0. The first-order valence-corrected chi connectivity index (χ1v) is 6.96. The molecule has 1 fully saturated rings. The monoisotopic (exact) mass is 264 g/mol. The predicted octanol–water partition coefficient (Wildman–Crippen LogP) is 0.518. The van der Waals surface area contributed by atoms with Gasteiger partial charge in [0.15, 0.2) is 0 Å². The van der Waals surface area contributed by atoms with Crippen LogP contribution in [0.25, 0.3) is 0 Å². The molecule has 4 heteroatoms. The Hall–Kier alpha value is 0.140. The molecule has 0 spiro atoms. The number of hydrogen-bond donors (Lipinski definition) is 0. The first-order chi connectivity index (χ1) is 8.33. The van der Waals surface area contributed by atoms with Crippen LogP contribution in [0.1, 0.15) is 72.1 Å². The first-order valence-electron chi connectivity index (χ1n) is 6.96. The minimum absolute atomic E-state index is 0. The molecular formula is C14H25NaO3. The Morgan fingerprint density at radius 3 is 2.44 bits per heavy atom. The van der Waals surface area contributed by atoms with Crippen LogP contribution in [0, 0.1) is 0 Å². The second kappa shape index (κ2) is 12.2. The van der Waals surface area contributed by atoms with Crippen molar-refractivity contribution in [2.24, 2.45) is 0 Å². The second-order valence-corrected chi connectivity index (χ2v) is 4.87. The Labute approximate surface area is 134 Å². The molecule has 0 amide bonds. The zero-order valence-electron chi connectivity index (χ0n) is 12.7. The molecule has 0 saturated heterocycles. The standard InChI is InChI=1S/C14H24O3.Na.H/c15-12-8-3-1-2-7-11-14(16)17-13-9-5-4-6-10-13;;/h12-13H,1-11H2;;/q;+1;-1. The number of esters is 1. The van der Waals surface area contributed by atoms with Gasteiger partial charge in [0.25, 0.3) is 0 Å². The molecule has 1 saturated carbocycles. The topological polar surface area (TPSA) is 43.4 Å². The van der Waals surface area contributed by atoms with E-state index in [4.69, 9.17) is 4.74 Å². The smallest absolute Gasteiger partial charge is 1.00 e. The van der Waals surface area contributed by atoms with Crippen molar-refractivity contribution >= 4 is 12.3 Å². The van der Waals surface area contributed by atoms with Gasteiger partial charge < -0.3 is 11.0 Å². The molecule has 0 unspecified atom stereocenters. The molecule has 1 rings (SSSR count). The van der Waals surface area contributed by atoms with E-state index in [0.29, 0.717) is 12.8 Å². The van der Waals surface area contributed by atoms with Crippen LogP contribution >= 0.6 is 0 Å². The molecule has 100 valence electrons. The predicted molar refractivity (Wildman–Crippen MR) is 67.8 cm³/mol. The fourth-order valence-corrected chi connectivity index (χ4v) is 2.28. The van der Waals surface area contributed by atoms with E-state index in [1.807, 2.05) is 0 Å². The summed E-state index contributed by atoms with van der Waals surface area (Å²) >= 11 is 0. The fourth-order valence-electron chi connectivity index (χ4n) is 2.28. The first kappa shape index (κ1) is 18.1. The van der Waals surface area contributed by atoms with Gasteiger partial charge in [0.1, 0.15) is 12.4 Å². The zero-order chi connectivity index (χ0) is 12.3. The van der Waals surface area contributed by atoms with E-state index in [2.05, 4.69) is 0 Å². The third-order valence-corrected chi connectivity index (χ3v) is 3.30. The van der Waals surface area contributed by atoms with Crippen LogP contribution in [-0.4, -0.2) is 18.4 Å². The van der Waals surface area contributed by atoms with Gasteiger partial charge in [-0.25, -0.2) is 0 Å². The van der Waals surface area contributed by atoms with Gasteiger partial charge in [0.05, 0.1) is 0 Å². The van der Waals surface area contributed by atoms with E-state index in [1.165, 1.54) is 19.3 Å². The summed E-state index contributed by atoms with van der Waals surface area (Å²) in [5.74, 6) is -0.0349. The van der Waals surface area contributed by atoms with Gasteiger partial charge in [0.2, 0.25) is 0 Å². The van der Waals surface area contributed by atoms with Crippen LogP contribution in [0.15, 0.2) is 0 Å². The largest absolute Gasteiger partial charge is 1.00 e. The summed E-state index contributed by atoms with van der Waals surface area (Å²) in [5.41, 5.74) is 0. The molecule has 0 N–H and O–H groups in total. The Morgan fingerprint density at radius 1 is 1.11 bits per heavy atom. The Morgan fingerprint density at radius 2 is 1.78 bits per heavy atom. The summed E-state index contributed by atoms with van der Waals surface area (Å²) in [6.07, 6.45) is 12.0. The molecule has 1 aliphatic rings. The molecule has 0 heterocycles. The number of carbonyl (C=O) groups is 2. The van der Waals surface area contributed by atoms with Crippen molar-refractivity contribution in [2.45, 2.75) is 76.7 Å². The third kappa shape index (κ3) is 9.12. The minimum atomic E-state index is -0.0349. The molecular weight excluding hydrogens is 239 g/mol. The van der Waals surface area contributed by atoms with Crippen LogP contribution in [0.3, 0.4) is 0 Å². The maximum atomic E-state index is 11.5. The van der Waals surface area contributed by atoms with Gasteiger partial charge in [-0.05, 0) is 38.5 Å². The van der Waals surface area contributed by atoms with Crippen molar-refractivity contribution in [3.05, 3.63) is 0 Å². The number of carbonyl (C=O) groups excluding carboxylic acids is 2. The second-order valence-electron chi connectivity index (χ2n) is 4.87. The molecule has 3 nitrogen and oxygen atoms in total. The van der Waals surface area contributed by atoms with Crippen LogP contribution in [0.4, 0.5) is 0 Å². The van der Waals surface area contributed by atoms with Crippen molar-refractivity contribution in [1.29, 1.82) is 0 Å². The molecule has 18 heavy (non-hydrogen) atoms. The van der Waals surface area contributed by atoms with Gasteiger partial charge in [-0.3, -0.25) is 4.79 Å². The summed E-state index contributed by atoms with van der Waals surface area (Å²) in [7, 11) is 0. The molecule has 0 bridgehead atoms. The number of ether oxygens (including phenoxy) is 1. The number of rotatable bonds is 8. The summed E-state index contributed by atoms with van der Waals surface area (Å²) in [4.78, 5) is 21.6. The van der Waals surface area contributed by atoms with Crippen molar-refractivity contribution in [2.75, 3.05) is 0 Å².